The van der Waals surface area contributed by atoms with Crippen LogP contribution in [0.5, 0.6) is 5.75 Å². The fourth-order valence-corrected chi connectivity index (χ4v) is 4.76. The summed E-state index contributed by atoms with van der Waals surface area (Å²) in [6.07, 6.45) is -2.10. The van der Waals surface area contributed by atoms with E-state index in [1.54, 1.807) is 30.3 Å². The Labute approximate surface area is 237 Å². The van der Waals surface area contributed by atoms with Crippen LogP contribution in [0, 0.1) is 0 Å². The number of methoxy groups -OCH3 is 1. The molecule has 0 bridgehead atoms. The molecule has 5 N–H and O–H groups in total. The average molecular weight is 646 g/mol. The van der Waals surface area contributed by atoms with Gasteiger partial charge < -0.3 is 34.5 Å². The van der Waals surface area contributed by atoms with E-state index in [-0.39, 0.29) is 11.3 Å². The Kier molecular flexibility index (Phi) is 12.0. The number of primary amides is 1. The van der Waals surface area contributed by atoms with Gasteiger partial charge in [0.15, 0.2) is 28.6 Å². The number of carbonyl (C=O) groups is 2. The van der Waals surface area contributed by atoms with Crippen LogP contribution in [-0.2, 0) is 33.5 Å². The Morgan fingerprint density at radius 2 is 1.79 bits per heavy atom. The summed E-state index contributed by atoms with van der Waals surface area (Å²) < 4.78 is 95.0. The van der Waals surface area contributed by atoms with Crippen molar-refractivity contribution >= 4 is 29.7 Å². The summed E-state index contributed by atoms with van der Waals surface area (Å²) in [7, 11) is -9.08. The first-order valence-corrected chi connectivity index (χ1v) is 14.5. The van der Waals surface area contributed by atoms with Gasteiger partial charge in [0.1, 0.15) is 29.6 Å². The number of para-hydroxylation sites is 1. The lowest BCUT2D eigenvalue weighted by Gasteiger charge is -2.24. The normalized spacial score (nSPS) is 22.7. The molecule has 15 nitrogen and oxygen atoms in total. The number of hydrogen-bond donors (Lipinski definition) is 4. The molecule has 3 rings (SSSR count). The fraction of sp³-hybridized carbons (Fsp3) is 0.409. The zero-order chi connectivity index (χ0) is 31.9. The highest BCUT2D eigenvalue weighted by atomic mass is 32.2. The molecule has 1 aromatic carbocycles. The number of nitrogens with zero attached hydrogens (tertiary/aromatic N) is 1. The first-order valence-electron chi connectivity index (χ1n) is 11.6. The summed E-state index contributed by atoms with van der Waals surface area (Å²) in [6, 6.07) is 10.1. The number of aromatic nitrogens is 1. The second kappa shape index (κ2) is 14.3. The lowest BCUT2D eigenvalue weighted by atomic mass is 10.1. The summed E-state index contributed by atoms with van der Waals surface area (Å²) >= 11 is 0. The van der Waals surface area contributed by atoms with E-state index in [9.17, 15) is 37.5 Å². The number of pyridine rings is 1. The third-order valence-electron chi connectivity index (χ3n) is 5.31. The van der Waals surface area contributed by atoms with Crippen molar-refractivity contribution in [1.29, 1.82) is 0 Å². The molecule has 1 aliphatic rings. The molecule has 1 aromatic heterocycles. The fourth-order valence-electron chi connectivity index (χ4n) is 3.26. The van der Waals surface area contributed by atoms with Crippen molar-refractivity contribution in [2.24, 2.45) is 5.73 Å². The molecule has 1 unspecified atom stereocenters. The molecule has 2 aromatic rings. The number of hydrogen-bond acceptors (Lipinski definition) is 12. The van der Waals surface area contributed by atoms with Gasteiger partial charge >= 0.3 is 19.2 Å². The summed E-state index contributed by atoms with van der Waals surface area (Å²) in [5.74, 6) is -1.16. The van der Waals surface area contributed by atoms with Crippen LogP contribution in [0.15, 0.2) is 54.9 Å². The standard InChI is InChI=1S/C21H26N3O9P.CHF3O3S/c1-13(21(28)30-2)23-34(29,33-15-8-4-3-5-9-15)31-12-16-17(25)18(26)20(32-16)24-10-6-7-14(11-24)19(22)27;2-1(3,4)8(5,6)7/h3-11,13,16-18,20,25-26H,12H2,1-2H3,(H2-,22,23,27,29);(H,5,6,7)/t13-,16+,17+,18+,20+,34?;/m0./s1. The van der Waals surface area contributed by atoms with Gasteiger partial charge in [-0.2, -0.15) is 22.8 Å². The maximum absolute atomic E-state index is 13.4. The molecule has 1 aliphatic heterocycles. The van der Waals surface area contributed by atoms with Crippen molar-refractivity contribution in [2.45, 2.75) is 43.0 Å². The number of aliphatic hydroxyl groups excluding tert-OH is 2. The predicted molar refractivity (Wildman–Crippen MR) is 132 cm³/mol. The van der Waals surface area contributed by atoms with Gasteiger partial charge in [0.05, 0.1) is 13.7 Å². The van der Waals surface area contributed by atoms with Crippen LogP contribution in [0.25, 0.3) is 0 Å². The van der Waals surface area contributed by atoms with E-state index < -0.39 is 72.4 Å². The molecule has 234 valence electrons. The van der Waals surface area contributed by atoms with Crippen LogP contribution in [-0.4, -0.2) is 78.6 Å². The first kappa shape index (κ1) is 35.0. The number of esters is 1. The van der Waals surface area contributed by atoms with Gasteiger partial charge in [-0.1, -0.05) is 18.2 Å². The molecule has 20 heteroatoms. The molecular weight excluding hydrogens is 618 g/mol. The lowest BCUT2D eigenvalue weighted by Crippen LogP contribution is -2.46. The number of benzene rings is 1. The van der Waals surface area contributed by atoms with E-state index >= 15 is 0 Å². The van der Waals surface area contributed by atoms with Crippen LogP contribution in [0.2, 0.25) is 0 Å². The molecule has 1 fully saturated rings. The number of aliphatic hydroxyl groups is 2. The second-order valence-electron chi connectivity index (χ2n) is 8.42. The summed E-state index contributed by atoms with van der Waals surface area (Å²) in [6.45, 7) is 0.953. The minimum Gasteiger partial charge on any atom is -0.741 e. The third-order valence-corrected chi connectivity index (χ3v) is 7.52. The van der Waals surface area contributed by atoms with E-state index in [2.05, 4.69) is 9.82 Å². The summed E-state index contributed by atoms with van der Waals surface area (Å²) in [4.78, 5) is 23.3. The highest BCUT2D eigenvalue weighted by Crippen LogP contribution is 2.45. The zero-order valence-electron chi connectivity index (χ0n) is 21.8. The second-order valence-corrected chi connectivity index (χ2v) is 11.5. The van der Waals surface area contributed by atoms with E-state index in [1.807, 2.05) is 0 Å². The largest absolute Gasteiger partial charge is 0.741 e. The molecule has 0 spiro atoms. The Hall–Kier alpha value is -3.16. The van der Waals surface area contributed by atoms with E-state index in [4.69, 9.17) is 32.5 Å². The van der Waals surface area contributed by atoms with E-state index in [0.29, 0.717) is 0 Å². The van der Waals surface area contributed by atoms with Crippen molar-refractivity contribution in [3.63, 3.8) is 0 Å². The van der Waals surface area contributed by atoms with Crippen molar-refractivity contribution in [3.8, 4) is 5.75 Å². The number of carbonyl (C=O) groups excluding carboxylic acids is 2. The SMILES string of the molecule is COC(=O)[C@H](C)NP(=O)(OC[C@H]1O[C@@H]([n+]2cccc(C(N)=O)c2)[C@H](O)[C@@H]1O)Oc1ccccc1.O=S(=O)([O-])C(F)(F)F. The van der Waals surface area contributed by atoms with E-state index in [1.165, 1.54) is 43.1 Å². The molecule has 42 heavy (non-hydrogen) atoms. The van der Waals surface area contributed by atoms with Gasteiger partial charge in [0, 0.05) is 6.07 Å². The Balaban J connectivity index is 0.000000675. The smallest absolute Gasteiger partial charge is 0.485 e. The quantitative estimate of drug-likeness (QED) is 0.0885. The summed E-state index contributed by atoms with van der Waals surface area (Å²) in [5, 5.41) is 23.4. The lowest BCUT2D eigenvalue weighted by molar-refractivity contribution is -0.765. The minimum atomic E-state index is -6.09. The topological polar surface area (TPSA) is 228 Å². The Morgan fingerprint density at radius 1 is 1.19 bits per heavy atom. The zero-order valence-corrected chi connectivity index (χ0v) is 23.5. The maximum Gasteiger partial charge on any atom is 0.485 e. The maximum atomic E-state index is 13.4. The molecule has 0 radical (unpaired) electrons. The average Bonchev–Trinajstić information content (AvgIpc) is 3.20. The molecular formula is C22H27F3N3O12PS. The van der Waals surface area contributed by atoms with Crippen LogP contribution >= 0.6 is 7.75 Å². The number of nitrogens with two attached hydrogens (primary N) is 1. The molecule has 6 atom stereocenters. The van der Waals surface area contributed by atoms with Crippen molar-refractivity contribution in [2.75, 3.05) is 13.7 Å². The van der Waals surface area contributed by atoms with Gasteiger partial charge in [-0.3, -0.25) is 14.1 Å². The minimum absolute atomic E-state index is 0.175. The predicted octanol–water partition coefficient (Wildman–Crippen LogP) is 0.0984. The van der Waals surface area contributed by atoms with Gasteiger partial charge in [-0.05, 0) is 25.1 Å². The number of amides is 1. The Morgan fingerprint density at radius 3 is 2.31 bits per heavy atom. The van der Waals surface area contributed by atoms with Crippen LogP contribution in [0.4, 0.5) is 13.2 Å². The number of alkyl halides is 3. The third kappa shape index (κ3) is 9.70. The van der Waals surface area contributed by atoms with Crippen LogP contribution < -0.4 is 19.9 Å². The number of ether oxygens (including phenoxy) is 2. The molecule has 2 heterocycles. The van der Waals surface area contributed by atoms with Gasteiger partial charge in [0.25, 0.3) is 12.1 Å². The number of nitrogens with one attached hydrogen (secondary N) is 1. The molecule has 1 amide bonds. The van der Waals surface area contributed by atoms with Gasteiger partial charge in [-0.25, -0.2) is 13.0 Å². The van der Waals surface area contributed by atoms with Crippen LogP contribution in [0.3, 0.4) is 0 Å². The highest BCUT2D eigenvalue weighted by Gasteiger charge is 2.49. The van der Waals surface area contributed by atoms with Gasteiger partial charge in [-0.15, -0.1) is 0 Å². The van der Waals surface area contributed by atoms with Crippen LogP contribution in [0.1, 0.15) is 23.5 Å². The molecule has 0 saturated carbocycles. The highest BCUT2D eigenvalue weighted by molar-refractivity contribution is 7.86. The van der Waals surface area contributed by atoms with E-state index in [0.717, 1.165) is 0 Å². The number of halogens is 3. The van der Waals surface area contributed by atoms with Crippen molar-refractivity contribution in [3.05, 3.63) is 60.4 Å². The Bertz CT molecular complexity index is 1380. The van der Waals surface area contributed by atoms with Gasteiger partial charge in [0.2, 0.25) is 0 Å². The van der Waals surface area contributed by atoms with Crippen molar-refractivity contribution in [1.82, 2.24) is 5.09 Å². The molecule has 0 aliphatic carbocycles. The van der Waals surface area contributed by atoms with Crippen molar-refractivity contribution < 1.29 is 73.6 Å². The first-order chi connectivity index (χ1) is 19.4. The molecule has 1 saturated heterocycles. The number of rotatable bonds is 10. The monoisotopic (exact) mass is 645 g/mol. The summed E-state index contributed by atoms with van der Waals surface area (Å²) in [5.41, 5.74) is -0.180.